The second-order valence-corrected chi connectivity index (χ2v) is 4.39. The summed E-state index contributed by atoms with van der Waals surface area (Å²) in [6.45, 7) is 0.0687. The van der Waals surface area contributed by atoms with Crippen molar-refractivity contribution >= 4 is 17.1 Å². The molecule has 2 aromatic heterocycles. The third kappa shape index (κ3) is 1.60. The normalized spacial score (nSPS) is 19.4. The van der Waals surface area contributed by atoms with Crippen molar-refractivity contribution in [3.63, 3.8) is 0 Å². The average Bonchev–Trinajstić information content (AvgIpc) is 2.93. The highest BCUT2D eigenvalue weighted by Crippen LogP contribution is 2.30. The lowest BCUT2D eigenvalue weighted by Gasteiger charge is -2.12. The molecule has 0 saturated carbocycles. The first-order valence-corrected chi connectivity index (χ1v) is 5.70. The standard InChI is InChI=1S/C11H13N5O2/c12-11-14-9-8(10(18)15-11)13-5-16(9)7-2-1-6(3-7)4-17/h1,5,7,17H,2-4H2,(H3,12,14,15,18)/t7-/m1/s1. The first-order chi connectivity index (χ1) is 8.69. The van der Waals surface area contributed by atoms with Crippen LogP contribution in [0.3, 0.4) is 0 Å². The number of rotatable bonds is 2. The number of hydrogen-bond acceptors (Lipinski definition) is 5. The monoisotopic (exact) mass is 247 g/mol. The quantitative estimate of drug-likeness (QED) is 0.645. The minimum atomic E-state index is -0.329. The van der Waals surface area contributed by atoms with Crippen molar-refractivity contribution in [2.75, 3.05) is 12.3 Å². The lowest BCUT2D eigenvalue weighted by atomic mass is 10.2. The SMILES string of the molecule is Nc1nc2c(ncn2[C@@H]2CC=C(CO)C2)c(=O)[nH]1. The molecule has 2 aromatic rings. The molecule has 0 radical (unpaired) electrons. The van der Waals surface area contributed by atoms with Gasteiger partial charge in [0.2, 0.25) is 5.95 Å². The van der Waals surface area contributed by atoms with Gasteiger partial charge in [-0.25, -0.2) is 4.98 Å². The van der Waals surface area contributed by atoms with Crippen LogP contribution in [0.2, 0.25) is 0 Å². The van der Waals surface area contributed by atoms with E-state index in [1.807, 2.05) is 10.6 Å². The van der Waals surface area contributed by atoms with Gasteiger partial charge in [-0.1, -0.05) is 6.08 Å². The number of imidazole rings is 1. The van der Waals surface area contributed by atoms with Crippen molar-refractivity contribution in [2.45, 2.75) is 18.9 Å². The third-order valence-corrected chi connectivity index (χ3v) is 3.22. The Balaban J connectivity index is 2.06. The molecule has 7 nitrogen and oxygen atoms in total. The van der Waals surface area contributed by atoms with Gasteiger partial charge in [0.05, 0.1) is 12.9 Å². The number of nitrogens with zero attached hydrogens (tertiary/aromatic N) is 3. The van der Waals surface area contributed by atoms with Crippen molar-refractivity contribution in [1.29, 1.82) is 0 Å². The van der Waals surface area contributed by atoms with E-state index in [0.29, 0.717) is 11.2 Å². The molecule has 0 aromatic carbocycles. The van der Waals surface area contributed by atoms with Crippen LogP contribution >= 0.6 is 0 Å². The van der Waals surface area contributed by atoms with E-state index in [1.165, 1.54) is 0 Å². The van der Waals surface area contributed by atoms with Gasteiger partial charge < -0.3 is 15.4 Å². The summed E-state index contributed by atoms with van der Waals surface area (Å²) in [5.74, 6) is 0.0857. The molecule has 0 saturated heterocycles. The number of aromatic amines is 1. The van der Waals surface area contributed by atoms with E-state index in [9.17, 15) is 4.79 Å². The van der Waals surface area contributed by atoms with Gasteiger partial charge in [-0.2, -0.15) is 4.98 Å². The molecule has 0 unspecified atom stereocenters. The fourth-order valence-electron chi connectivity index (χ4n) is 2.32. The summed E-state index contributed by atoms with van der Waals surface area (Å²) in [7, 11) is 0. The van der Waals surface area contributed by atoms with Crippen molar-refractivity contribution in [3.05, 3.63) is 28.3 Å². The largest absolute Gasteiger partial charge is 0.392 e. The fraction of sp³-hybridized carbons (Fsp3) is 0.364. The van der Waals surface area contributed by atoms with E-state index in [4.69, 9.17) is 10.8 Å². The van der Waals surface area contributed by atoms with Crippen molar-refractivity contribution in [3.8, 4) is 0 Å². The molecule has 0 aliphatic heterocycles. The number of fused-ring (bicyclic) bond motifs is 1. The highest BCUT2D eigenvalue weighted by Gasteiger charge is 2.21. The van der Waals surface area contributed by atoms with Gasteiger partial charge in [-0.15, -0.1) is 0 Å². The zero-order valence-corrected chi connectivity index (χ0v) is 9.63. The lowest BCUT2D eigenvalue weighted by Crippen LogP contribution is -2.13. The number of anilines is 1. The molecule has 94 valence electrons. The average molecular weight is 247 g/mol. The van der Waals surface area contributed by atoms with Gasteiger partial charge in [0.15, 0.2) is 11.2 Å². The molecule has 2 heterocycles. The Bertz CT molecular complexity index is 684. The van der Waals surface area contributed by atoms with Gasteiger partial charge in [-0.3, -0.25) is 9.78 Å². The van der Waals surface area contributed by atoms with E-state index in [-0.39, 0.29) is 24.2 Å². The Morgan fingerprint density at radius 3 is 3.17 bits per heavy atom. The molecule has 7 heteroatoms. The topological polar surface area (TPSA) is 110 Å². The van der Waals surface area contributed by atoms with Crippen LogP contribution in [0, 0.1) is 0 Å². The van der Waals surface area contributed by atoms with E-state index in [2.05, 4.69) is 15.0 Å². The predicted molar refractivity (Wildman–Crippen MR) is 66.0 cm³/mol. The molecule has 1 atom stereocenters. The molecule has 18 heavy (non-hydrogen) atoms. The van der Waals surface area contributed by atoms with Crippen LogP contribution in [0.4, 0.5) is 5.95 Å². The number of nitrogens with one attached hydrogen (secondary N) is 1. The molecule has 1 aliphatic rings. The molecule has 0 bridgehead atoms. The van der Waals surface area contributed by atoms with E-state index >= 15 is 0 Å². The van der Waals surface area contributed by atoms with Gasteiger partial charge in [0, 0.05) is 6.04 Å². The Morgan fingerprint density at radius 1 is 1.61 bits per heavy atom. The zero-order chi connectivity index (χ0) is 12.7. The minimum absolute atomic E-state index is 0.0687. The first kappa shape index (κ1) is 11.0. The minimum Gasteiger partial charge on any atom is -0.392 e. The summed E-state index contributed by atoms with van der Waals surface area (Å²) in [6.07, 6.45) is 5.16. The first-order valence-electron chi connectivity index (χ1n) is 5.70. The second kappa shape index (κ2) is 3.95. The van der Waals surface area contributed by atoms with E-state index < -0.39 is 0 Å². The Kier molecular flexibility index (Phi) is 2.41. The summed E-state index contributed by atoms with van der Waals surface area (Å²) in [5.41, 5.74) is 7.00. The molecule has 0 spiro atoms. The van der Waals surface area contributed by atoms with Crippen LogP contribution < -0.4 is 11.3 Å². The molecule has 4 N–H and O–H groups in total. The molecular formula is C11H13N5O2. The Labute approximate surface area is 102 Å². The number of nitrogens with two attached hydrogens (primary N) is 1. The summed E-state index contributed by atoms with van der Waals surface area (Å²) in [5, 5.41) is 9.10. The maximum atomic E-state index is 11.6. The third-order valence-electron chi connectivity index (χ3n) is 3.22. The summed E-state index contributed by atoms with van der Waals surface area (Å²) >= 11 is 0. The van der Waals surface area contributed by atoms with Crippen LogP contribution in [0.25, 0.3) is 11.2 Å². The van der Waals surface area contributed by atoms with Gasteiger partial charge >= 0.3 is 0 Å². The number of H-pyrrole nitrogens is 1. The Morgan fingerprint density at radius 2 is 2.44 bits per heavy atom. The van der Waals surface area contributed by atoms with Crippen LogP contribution in [0.5, 0.6) is 0 Å². The summed E-state index contributed by atoms with van der Waals surface area (Å²) in [6, 6.07) is 0.144. The summed E-state index contributed by atoms with van der Waals surface area (Å²) < 4.78 is 1.85. The summed E-state index contributed by atoms with van der Waals surface area (Å²) in [4.78, 5) is 22.3. The van der Waals surface area contributed by atoms with Crippen molar-refractivity contribution in [1.82, 2.24) is 19.5 Å². The second-order valence-electron chi connectivity index (χ2n) is 4.39. The number of allylic oxidation sites excluding steroid dienone is 1. The number of hydrogen-bond donors (Lipinski definition) is 3. The number of nitrogen functional groups attached to an aromatic ring is 1. The van der Waals surface area contributed by atoms with Crippen molar-refractivity contribution < 1.29 is 5.11 Å². The maximum Gasteiger partial charge on any atom is 0.280 e. The van der Waals surface area contributed by atoms with Crippen LogP contribution in [0.1, 0.15) is 18.9 Å². The van der Waals surface area contributed by atoms with Crippen LogP contribution in [-0.4, -0.2) is 31.2 Å². The maximum absolute atomic E-state index is 11.6. The van der Waals surface area contributed by atoms with Crippen LogP contribution in [-0.2, 0) is 0 Å². The molecule has 0 amide bonds. The van der Waals surface area contributed by atoms with Gasteiger partial charge in [0.25, 0.3) is 5.56 Å². The highest BCUT2D eigenvalue weighted by molar-refractivity contribution is 5.70. The number of aliphatic hydroxyl groups excluding tert-OH is 1. The van der Waals surface area contributed by atoms with E-state index in [0.717, 1.165) is 18.4 Å². The van der Waals surface area contributed by atoms with Gasteiger partial charge in [0.1, 0.15) is 0 Å². The van der Waals surface area contributed by atoms with Crippen LogP contribution in [0.15, 0.2) is 22.8 Å². The number of aromatic nitrogens is 4. The lowest BCUT2D eigenvalue weighted by molar-refractivity contribution is 0.325. The highest BCUT2D eigenvalue weighted by atomic mass is 16.3. The smallest absolute Gasteiger partial charge is 0.280 e. The Hall–Kier alpha value is -2.15. The fourth-order valence-corrected chi connectivity index (χ4v) is 2.32. The molecule has 0 fully saturated rings. The molecule has 1 aliphatic carbocycles. The predicted octanol–water partition coefficient (Wildman–Crippen LogP) is -0.0446. The number of aliphatic hydroxyl groups is 1. The molecule has 3 rings (SSSR count). The zero-order valence-electron chi connectivity index (χ0n) is 9.63. The van der Waals surface area contributed by atoms with Gasteiger partial charge in [-0.05, 0) is 18.4 Å². The molecular weight excluding hydrogens is 234 g/mol. The van der Waals surface area contributed by atoms with E-state index in [1.54, 1.807) is 6.33 Å². The van der Waals surface area contributed by atoms with Crippen molar-refractivity contribution in [2.24, 2.45) is 0 Å².